The summed E-state index contributed by atoms with van der Waals surface area (Å²) in [5.41, 5.74) is 0.656. The standard InChI is InChI=1S/C26H35ClFN3O4S/c1-6-23(25(33)29-26(2,3)4)30(18-19-9-13-21(28)14-10-19)24(32)8-7-17-31(36(5,34)35)22-15-11-20(27)12-16-22/h9-16,23H,6-8,17-18H2,1-5H3,(H,29,33)/t23-/m1/s1. The quantitative estimate of drug-likeness (QED) is 0.446. The predicted molar refractivity (Wildman–Crippen MR) is 142 cm³/mol. The van der Waals surface area contributed by atoms with Crippen molar-refractivity contribution in [2.45, 2.75) is 65.1 Å². The first-order valence-corrected chi connectivity index (χ1v) is 14.0. The molecule has 0 saturated carbocycles. The Morgan fingerprint density at radius 2 is 1.64 bits per heavy atom. The normalized spacial score (nSPS) is 12.6. The molecule has 0 aliphatic heterocycles. The molecule has 7 nitrogen and oxygen atoms in total. The lowest BCUT2D eigenvalue weighted by molar-refractivity contribution is -0.142. The van der Waals surface area contributed by atoms with Gasteiger partial charge in [-0.05, 0) is 75.6 Å². The molecule has 0 aliphatic rings. The number of nitrogens with zero attached hydrogens (tertiary/aromatic N) is 2. The van der Waals surface area contributed by atoms with Gasteiger partial charge in [0.05, 0.1) is 11.9 Å². The fourth-order valence-electron chi connectivity index (χ4n) is 3.77. The number of benzene rings is 2. The fraction of sp³-hybridized carbons (Fsp3) is 0.462. The summed E-state index contributed by atoms with van der Waals surface area (Å²) in [4.78, 5) is 27.9. The molecule has 0 bridgehead atoms. The first-order chi connectivity index (χ1) is 16.7. The van der Waals surface area contributed by atoms with Crippen LogP contribution in [0.2, 0.25) is 5.02 Å². The number of carbonyl (C=O) groups excluding carboxylic acids is 2. The molecule has 0 aliphatic carbocycles. The first kappa shape index (κ1) is 29.6. The number of anilines is 1. The van der Waals surface area contributed by atoms with E-state index in [4.69, 9.17) is 11.6 Å². The lowest BCUT2D eigenvalue weighted by Gasteiger charge is -2.33. The summed E-state index contributed by atoms with van der Waals surface area (Å²) in [7, 11) is -3.59. The van der Waals surface area contributed by atoms with Crippen LogP contribution in [0.15, 0.2) is 48.5 Å². The zero-order valence-corrected chi connectivity index (χ0v) is 23.0. The van der Waals surface area contributed by atoms with Crippen molar-refractivity contribution in [1.82, 2.24) is 10.2 Å². The smallest absolute Gasteiger partial charge is 0.243 e. The molecule has 10 heteroatoms. The maximum Gasteiger partial charge on any atom is 0.243 e. The summed E-state index contributed by atoms with van der Waals surface area (Å²) in [6, 6.07) is 11.5. The fourth-order valence-corrected chi connectivity index (χ4v) is 4.86. The van der Waals surface area contributed by atoms with E-state index in [-0.39, 0.29) is 37.7 Å². The molecule has 198 valence electrons. The van der Waals surface area contributed by atoms with E-state index >= 15 is 0 Å². The molecule has 2 aromatic rings. The lowest BCUT2D eigenvalue weighted by atomic mass is 10.0. The molecule has 2 aromatic carbocycles. The highest BCUT2D eigenvalue weighted by Gasteiger charge is 2.30. The van der Waals surface area contributed by atoms with Crippen molar-refractivity contribution < 1.29 is 22.4 Å². The van der Waals surface area contributed by atoms with Gasteiger partial charge >= 0.3 is 0 Å². The van der Waals surface area contributed by atoms with Crippen LogP contribution in [0.25, 0.3) is 0 Å². The van der Waals surface area contributed by atoms with Crippen LogP contribution in [0.1, 0.15) is 52.5 Å². The second-order valence-electron chi connectivity index (χ2n) is 9.73. The van der Waals surface area contributed by atoms with Gasteiger partial charge in [-0.3, -0.25) is 13.9 Å². The third-order valence-corrected chi connectivity index (χ3v) is 6.86. The lowest BCUT2D eigenvalue weighted by Crippen LogP contribution is -2.53. The van der Waals surface area contributed by atoms with Crippen LogP contribution in [0.4, 0.5) is 10.1 Å². The molecule has 0 unspecified atom stereocenters. The molecular weight excluding hydrogens is 505 g/mol. The molecule has 2 amide bonds. The Morgan fingerprint density at radius 3 is 2.14 bits per heavy atom. The second kappa shape index (κ2) is 12.5. The number of nitrogens with one attached hydrogen (secondary N) is 1. The summed E-state index contributed by atoms with van der Waals surface area (Å²) in [6.07, 6.45) is 1.76. The molecular formula is C26H35ClFN3O4S. The maximum absolute atomic E-state index is 13.4. The topological polar surface area (TPSA) is 86.8 Å². The number of sulfonamides is 1. The third-order valence-electron chi connectivity index (χ3n) is 5.42. The zero-order valence-electron chi connectivity index (χ0n) is 21.4. The van der Waals surface area contributed by atoms with Crippen molar-refractivity contribution in [3.8, 4) is 0 Å². The van der Waals surface area contributed by atoms with Crippen molar-refractivity contribution in [3.05, 3.63) is 64.9 Å². The minimum atomic E-state index is -3.59. The summed E-state index contributed by atoms with van der Waals surface area (Å²) in [6.45, 7) is 7.62. The Morgan fingerprint density at radius 1 is 1.06 bits per heavy atom. The Labute approximate surface area is 218 Å². The van der Waals surface area contributed by atoms with E-state index in [0.717, 1.165) is 6.26 Å². The highest BCUT2D eigenvalue weighted by atomic mass is 35.5. The van der Waals surface area contributed by atoms with Crippen LogP contribution in [0.5, 0.6) is 0 Å². The van der Waals surface area contributed by atoms with E-state index < -0.39 is 27.4 Å². The number of rotatable bonds is 11. The van der Waals surface area contributed by atoms with Crippen molar-refractivity contribution in [1.29, 1.82) is 0 Å². The molecule has 0 aromatic heterocycles. The monoisotopic (exact) mass is 539 g/mol. The average Bonchev–Trinajstić information content (AvgIpc) is 2.76. The Hall–Kier alpha value is -2.65. The van der Waals surface area contributed by atoms with Gasteiger partial charge in [-0.1, -0.05) is 30.7 Å². The molecule has 0 spiro atoms. The Kier molecular flexibility index (Phi) is 10.3. The largest absolute Gasteiger partial charge is 0.350 e. The van der Waals surface area contributed by atoms with Crippen molar-refractivity contribution in [2.75, 3.05) is 17.1 Å². The minimum Gasteiger partial charge on any atom is -0.350 e. The van der Waals surface area contributed by atoms with Gasteiger partial charge in [0.15, 0.2) is 0 Å². The van der Waals surface area contributed by atoms with Gasteiger partial charge in [-0.15, -0.1) is 0 Å². The SMILES string of the molecule is CC[C@H](C(=O)NC(C)(C)C)N(Cc1ccc(F)cc1)C(=O)CCCN(c1ccc(Cl)cc1)S(C)(=O)=O. The Balaban J connectivity index is 2.22. The number of hydrogen-bond acceptors (Lipinski definition) is 4. The Bertz CT molecular complexity index is 1130. The number of amides is 2. The van der Waals surface area contributed by atoms with Gasteiger partial charge in [0.25, 0.3) is 0 Å². The molecule has 2 rings (SSSR count). The van der Waals surface area contributed by atoms with Crippen molar-refractivity contribution >= 4 is 39.1 Å². The summed E-state index contributed by atoms with van der Waals surface area (Å²) >= 11 is 5.92. The summed E-state index contributed by atoms with van der Waals surface area (Å²) in [5.74, 6) is -0.962. The van der Waals surface area contributed by atoms with Crippen LogP contribution in [0.3, 0.4) is 0 Å². The van der Waals surface area contributed by atoms with Crippen molar-refractivity contribution in [2.24, 2.45) is 0 Å². The predicted octanol–water partition coefficient (Wildman–Crippen LogP) is 4.75. The number of hydrogen-bond donors (Lipinski definition) is 1. The number of carbonyl (C=O) groups is 2. The average molecular weight is 540 g/mol. The van der Waals surface area contributed by atoms with Gasteiger partial charge < -0.3 is 10.2 Å². The van der Waals surface area contributed by atoms with E-state index in [1.807, 2.05) is 27.7 Å². The molecule has 36 heavy (non-hydrogen) atoms. The van der Waals surface area contributed by atoms with E-state index in [9.17, 15) is 22.4 Å². The van der Waals surface area contributed by atoms with Crippen molar-refractivity contribution in [3.63, 3.8) is 0 Å². The molecule has 1 N–H and O–H groups in total. The number of halogens is 2. The molecule has 0 heterocycles. The third kappa shape index (κ3) is 9.09. The molecule has 0 radical (unpaired) electrons. The van der Waals surface area contributed by atoms with E-state index in [0.29, 0.717) is 22.7 Å². The zero-order chi connectivity index (χ0) is 27.1. The molecule has 1 atom stereocenters. The summed E-state index contributed by atoms with van der Waals surface area (Å²) in [5, 5.41) is 3.41. The van der Waals surface area contributed by atoms with Crippen LogP contribution < -0.4 is 9.62 Å². The van der Waals surface area contributed by atoms with Gasteiger partial charge in [0.1, 0.15) is 11.9 Å². The summed E-state index contributed by atoms with van der Waals surface area (Å²) < 4.78 is 39.4. The van der Waals surface area contributed by atoms with Gasteiger partial charge in [0.2, 0.25) is 21.8 Å². The maximum atomic E-state index is 13.4. The van der Waals surface area contributed by atoms with Gasteiger partial charge in [-0.2, -0.15) is 0 Å². The van der Waals surface area contributed by atoms with Crippen LogP contribution in [-0.2, 0) is 26.2 Å². The highest BCUT2D eigenvalue weighted by molar-refractivity contribution is 7.92. The van der Waals surface area contributed by atoms with E-state index in [1.165, 1.54) is 21.3 Å². The minimum absolute atomic E-state index is 0.0279. The first-order valence-electron chi connectivity index (χ1n) is 11.8. The van der Waals surface area contributed by atoms with Crippen LogP contribution in [0, 0.1) is 5.82 Å². The molecule has 0 saturated heterocycles. The highest BCUT2D eigenvalue weighted by Crippen LogP contribution is 2.22. The van der Waals surface area contributed by atoms with Gasteiger partial charge in [-0.25, -0.2) is 12.8 Å². The second-order valence-corrected chi connectivity index (χ2v) is 12.1. The van der Waals surface area contributed by atoms with Gasteiger partial charge in [0, 0.05) is 30.1 Å². The molecule has 0 fully saturated rings. The van der Waals surface area contributed by atoms with E-state index in [2.05, 4.69) is 5.32 Å². The van der Waals surface area contributed by atoms with Crippen LogP contribution >= 0.6 is 11.6 Å². The van der Waals surface area contributed by atoms with Crippen LogP contribution in [-0.4, -0.2) is 49.5 Å². The van der Waals surface area contributed by atoms with E-state index in [1.54, 1.807) is 36.4 Å².